The molecule has 0 bridgehead atoms. The maximum atomic E-state index is 13.3. The van der Waals surface area contributed by atoms with Crippen LogP contribution in [0, 0.1) is 5.82 Å². The Labute approximate surface area is 149 Å². The molecule has 4 aromatic rings. The van der Waals surface area contributed by atoms with Gasteiger partial charge in [0.25, 0.3) is 0 Å². The van der Waals surface area contributed by atoms with Gasteiger partial charge < -0.3 is 0 Å². The summed E-state index contributed by atoms with van der Waals surface area (Å²) < 4.78 is 38.5. The average Bonchev–Trinajstić information content (AvgIpc) is 3.01. The number of benzene rings is 2. The Bertz CT molecular complexity index is 1200. The lowest BCUT2D eigenvalue weighted by Crippen LogP contribution is -1.97. The molecule has 0 unspecified atom stereocenters. The highest BCUT2D eigenvalue weighted by Gasteiger charge is 2.17. The monoisotopic (exact) mass is 367 g/mol. The van der Waals surface area contributed by atoms with Crippen molar-refractivity contribution in [2.45, 2.75) is 4.90 Å². The minimum atomic E-state index is -3.27. The number of rotatable bonds is 3. The van der Waals surface area contributed by atoms with Gasteiger partial charge in [-0.2, -0.15) is 0 Å². The molecule has 7 heteroatoms. The van der Waals surface area contributed by atoms with Crippen molar-refractivity contribution >= 4 is 15.6 Å². The first-order valence-electron chi connectivity index (χ1n) is 7.83. The molecule has 5 nitrogen and oxygen atoms in total. The first-order chi connectivity index (χ1) is 12.4. The Morgan fingerprint density at radius 1 is 0.962 bits per heavy atom. The lowest BCUT2D eigenvalue weighted by molar-refractivity contribution is 0.602. The summed E-state index contributed by atoms with van der Waals surface area (Å²) in [7, 11) is -3.27. The van der Waals surface area contributed by atoms with Crippen LogP contribution in [0.5, 0.6) is 0 Å². The summed E-state index contributed by atoms with van der Waals surface area (Å²) in [6, 6.07) is 14.5. The number of halogens is 1. The molecule has 0 spiro atoms. The van der Waals surface area contributed by atoms with Crippen molar-refractivity contribution in [2.24, 2.45) is 0 Å². The fourth-order valence-electron chi connectivity index (χ4n) is 2.83. The summed E-state index contributed by atoms with van der Waals surface area (Å²) >= 11 is 0. The van der Waals surface area contributed by atoms with Crippen molar-refractivity contribution in [2.75, 3.05) is 6.26 Å². The van der Waals surface area contributed by atoms with E-state index in [1.807, 2.05) is 10.6 Å². The second-order valence-electron chi connectivity index (χ2n) is 5.90. The van der Waals surface area contributed by atoms with Gasteiger partial charge in [-0.1, -0.05) is 12.1 Å². The van der Waals surface area contributed by atoms with E-state index < -0.39 is 9.84 Å². The zero-order chi connectivity index (χ0) is 18.3. The molecule has 4 rings (SSSR count). The molecule has 0 aliphatic rings. The molecule has 0 aliphatic heterocycles. The Hall–Kier alpha value is -3.06. The highest BCUT2D eigenvalue weighted by molar-refractivity contribution is 7.90. The first-order valence-corrected chi connectivity index (χ1v) is 9.72. The molecule has 0 amide bonds. The summed E-state index contributed by atoms with van der Waals surface area (Å²) in [5.41, 5.74) is 2.95. The topological polar surface area (TPSA) is 64.3 Å². The Balaban J connectivity index is 1.96. The smallest absolute Gasteiger partial charge is 0.234 e. The number of imidazole rings is 1. The molecule has 0 saturated carbocycles. The van der Waals surface area contributed by atoms with Crippen LogP contribution >= 0.6 is 0 Å². The van der Waals surface area contributed by atoms with Crippen LogP contribution in [0.15, 0.2) is 71.9 Å². The maximum absolute atomic E-state index is 13.3. The van der Waals surface area contributed by atoms with Crippen LogP contribution in [-0.2, 0) is 9.84 Å². The maximum Gasteiger partial charge on any atom is 0.234 e. The first kappa shape index (κ1) is 16.4. The Morgan fingerprint density at radius 3 is 2.27 bits per heavy atom. The summed E-state index contributed by atoms with van der Waals surface area (Å²) in [4.78, 5) is 9.09. The van der Waals surface area contributed by atoms with E-state index in [4.69, 9.17) is 0 Å². The molecule has 0 atom stereocenters. The minimum absolute atomic E-state index is 0.247. The van der Waals surface area contributed by atoms with Crippen molar-refractivity contribution in [3.8, 4) is 22.5 Å². The predicted molar refractivity (Wildman–Crippen MR) is 96.9 cm³/mol. The van der Waals surface area contributed by atoms with Crippen molar-refractivity contribution < 1.29 is 12.8 Å². The van der Waals surface area contributed by atoms with Crippen LogP contribution < -0.4 is 0 Å². The van der Waals surface area contributed by atoms with E-state index in [-0.39, 0.29) is 10.7 Å². The molecule has 0 saturated heterocycles. The third-order valence-corrected chi connectivity index (χ3v) is 5.21. The number of nitrogens with zero attached hydrogens (tertiary/aromatic N) is 3. The lowest BCUT2D eigenvalue weighted by atomic mass is 10.0. The molecule has 0 N–H and O–H groups in total. The highest BCUT2D eigenvalue weighted by atomic mass is 32.2. The van der Waals surface area contributed by atoms with E-state index in [1.54, 1.807) is 48.7 Å². The van der Waals surface area contributed by atoms with Gasteiger partial charge in [0.2, 0.25) is 5.78 Å². The van der Waals surface area contributed by atoms with Gasteiger partial charge in [0, 0.05) is 29.8 Å². The SMILES string of the molecule is CS(=O)(=O)c1ccc(-c2c(-c3ccc(F)cc3)nc3ncccn23)cc1. The van der Waals surface area contributed by atoms with Gasteiger partial charge in [-0.25, -0.2) is 22.8 Å². The molecular weight excluding hydrogens is 353 g/mol. The minimum Gasteiger partial charge on any atom is -0.283 e. The highest BCUT2D eigenvalue weighted by Crippen LogP contribution is 2.32. The van der Waals surface area contributed by atoms with Crippen LogP contribution in [0.1, 0.15) is 0 Å². The standard InChI is InChI=1S/C19H14FN3O2S/c1-26(24,25)16-9-5-14(6-10-16)18-17(13-3-7-15(20)8-4-13)22-19-21-11-2-12-23(18)19/h2-12H,1H3. The normalized spacial score (nSPS) is 11.8. The van der Waals surface area contributed by atoms with Gasteiger partial charge >= 0.3 is 0 Å². The third-order valence-electron chi connectivity index (χ3n) is 4.08. The number of hydrogen-bond acceptors (Lipinski definition) is 4. The van der Waals surface area contributed by atoms with Crippen LogP contribution in [0.25, 0.3) is 28.3 Å². The quantitative estimate of drug-likeness (QED) is 0.555. The van der Waals surface area contributed by atoms with Crippen LogP contribution in [0.2, 0.25) is 0 Å². The number of hydrogen-bond donors (Lipinski definition) is 0. The van der Waals surface area contributed by atoms with E-state index in [0.717, 1.165) is 16.8 Å². The van der Waals surface area contributed by atoms with E-state index in [0.29, 0.717) is 11.5 Å². The summed E-state index contributed by atoms with van der Waals surface area (Å²) in [5.74, 6) is 0.184. The van der Waals surface area contributed by atoms with Gasteiger partial charge in [-0.3, -0.25) is 4.40 Å². The van der Waals surface area contributed by atoms with E-state index in [9.17, 15) is 12.8 Å². The van der Waals surface area contributed by atoms with Crippen LogP contribution in [0.4, 0.5) is 4.39 Å². The molecule has 2 aromatic heterocycles. The van der Waals surface area contributed by atoms with Gasteiger partial charge in [0.1, 0.15) is 5.82 Å². The number of sulfone groups is 1. The van der Waals surface area contributed by atoms with E-state index >= 15 is 0 Å². The fourth-order valence-corrected chi connectivity index (χ4v) is 3.46. The summed E-state index contributed by atoms with van der Waals surface area (Å²) in [6.45, 7) is 0. The predicted octanol–water partition coefficient (Wildman–Crippen LogP) is 3.61. The van der Waals surface area contributed by atoms with Crippen molar-refractivity contribution in [3.05, 3.63) is 72.8 Å². The second-order valence-corrected chi connectivity index (χ2v) is 7.92. The summed E-state index contributed by atoms with van der Waals surface area (Å²) in [5, 5.41) is 0. The fraction of sp³-hybridized carbons (Fsp3) is 0.0526. The third kappa shape index (κ3) is 2.86. The second kappa shape index (κ2) is 6.03. The lowest BCUT2D eigenvalue weighted by Gasteiger charge is -2.07. The number of fused-ring (bicyclic) bond motifs is 1. The largest absolute Gasteiger partial charge is 0.283 e. The average molecular weight is 367 g/mol. The zero-order valence-corrected chi connectivity index (χ0v) is 14.6. The molecule has 130 valence electrons. The molecule has 0 aliphatic carbocycles. The van der Waals surface area contributed by atoms with E-state index in [1.165, 1.54) is 18.4 Å². The number of aromatic nitrogens is 3. The Kier molecular flexibility index (Phi) is 3.81. The Morgan fingerprint density at radius 2 is 1.62 bits per heavy atom. The zero-order valence-electron chi connectivity index (χ0n) is 13.8. The van der Waals surface area contributed by atoms with Gasteiger partial charge in [-0.15, -0.1) is 0 Å². The molecule has 0 fully saturated rings. The van der Waals surface area contributed by atoms with Gasteiger partial charge in [-0.05, 0) is 42.5 Å². The van der Waals surface area contributed by atoms with E-state index in [2.05, 4.69) is 9.97 Å². The van der Waals surface area contributed by atoms with Gasteiger partial charge in [0.05, 0.1) is 16.3 Å². The summed E-state index contributed by atoms with van der Waals surface area (Å²) in [6.07, 6.45) is 4.65. The van der Waals surface area contributed by atoms with Crippen LogP contribution in [-0.4, -0.2) is 29.0 Å². The molecule has 26 heavy (non-hydrogen) atoms. The van der Waals surface area contributed by atoms with Crippen LogP contribution in [0.3, 0.4) is 0 Å². The van der Waals surface area contributed by atoms with Gasteiger partial charge in [0.15, 0.2) is 9.84 Å². The van der Waals surface area contributed by atoms with Crippen molar-refractivity contribution in [1.82, 2.24) is 14.4 Å². The van der Waals surface area contributed by atoms with Crippen molar-refractivity contribution in [1.29, 1.82) is 0 Å². The molecular formula is C19H14FN3O2S. The molecule has 0 radical (unpaired) electrons. The van der Waals surface area contributed by atoms with Crippen molar-refractivity contribution in [3.63, 3.8) is 0 Å². The molecule has 2 heterocycles. The molecule has 2 aromatic carbocycles.